The molecular weight excluding hydrogens is 550 g/mol. The molecule has 0 saturated carbocycles. The van der Waals surface area contributed by atoms with Crippen molar-refractivity contribution in [3.8, 4) is 17.5 Å². The number of fused-ring (bicyclic) bond motifs is 3. The SMILES string of the molecule is CC(NC(=O)c1c(N)nn2c1NCC=C2)c1cc2cccc(C#Cc3cn(C)c4ccccc34)c2c(=O)n1-c1ccccc1. The van der Waals surface area contributed by atoms with Crippen molar-refractivity contribution in [2.24, 2.45) is 7.05 Å². The topological polar surface area (TPSA) is 112 Å². The number of carbonyl (C=O) groups excluding carboxylic acids is 1. The molecule has 3 aromatic carbocycles. The van der Waals surface area contributed by atoms with E-state index in [4.69, 9.17) is 5.73 Å². The van der Waals surface area contributed by atoms with Crippen LogP contribution < -0.4 is 21.9 Å². The molecule has 4 heterocycles. The molecule has 1 unspecified atom stereocenters. The molecule has 0 aliphatic carbocycles. The Kier molecular flexibility index (Phi) is 6.52. The molecule has 3 aromatic heterocycles. The Balaban J connectivity index is 1.34. The third kappa shape index (κ3) is 4.50. The molecule has 216 valence electrons. The van der Waals surface area contributed by atoms with Crippen LogP contribution in [-0.4, -0.2) is 31.4 Å². The number of nitrogens with one attached hydrogen (secondary N) is 2. The maximum absolute atomic E-state index is 14.4. The largest absolute Gasteiger partial charge is 0.381 e. The Hall–Kier alpha value is -6.01. The van der Waals surface area contributed by atoms with E-state index in [0.29, 0.717) is 34.7 Å². The van der Waals surface area contributed by atoms with E-state index >= 15 is 0 Å². The van der Waals surface area contributed by atoms with Gasteiger partial charge in [-0.05, 0) is 48.7 Å². The van der Waals surface area contributed by atoms with Gasteiger partial charge in [-0.2, -0.15) is 0 Å². The lowest BCUT2D eigenvalue weighted by Crippen LogP contribution is -2.33. The molecule has 0 fully saturated rings. The number of amides is 1. The number of nitrogen functional groups attached to an aromatic ring is 1. The van der Waals surface area contributed by atoms with Crippen molar-refractivity contribution < 1.29 is 4.79 Å². The summed E-state index contributed by atoms with van der Waals surface area (Å²) in [5.41, 5.74) is 10.1. The van der Waals surface area contributed by atoms with E-state index in [0.717, 1.165) is 21.9 Å². The highest BCUT2D eigenvalue weighted by Crippen LogP contribution is 2.27. The van der Waals surface area contributed by atoms with Crippen LogP contribution in [0.3, 0.4) is 0 Å². The summed E-state index contributed by atoms with van der Waals surface area (Å²) in [5.74, 6) is 6.85. The second kappa shape index (κ2) is 10.7. The number of carbonyl (C=O) groups is 1. The number of hydrogen-bond acceptors (Lipinski definition) is 5. The number of benzene rings is 3. The number of aromatic nitrogens is 4. The van der Waals surface area contributed by atoms with Crippen molar-refractivity contribution in [1.82, 2.24) is 24.2 Å². The molecule has 1 amide bonds. The van der Waals surface area contributed by atoms with Crippen LogP contribution in [0.2, 0.25) is 0 Å². The van der Waals surface area contributed by atoms with Crippen LogP contribution >= 0.6 is 0 Å². The molecule has 9 nitrogen and oxygen atoms in total. The quantitative estimate of drug-likeness (QED) is 0.253. The fourth-order valence-corrected chi connectivity index (χ4v) is 5.83. The summed E-state index contributed by atoms with van der Waals surface area (Å²) in [4.78, 5) is 27.9. The van der Waals surface area contributed by atoms with Gasteiger partial charge in [0, 0.05) is 53.8 Å². The first kappa shape index (κ1) is 26.9. The Morgan fingerprint density at radius 3 is 2.64 bits per heavy atom. The maximum Gasteiger partial charge on any atom is 0.264 e. The Bertz CT molecular complexity index is 2240. The average Bonchev–Trinajstić information content (AvgIpc) is 3.55. The first-order chi connectivity index (χ1) is 21.4. The molecule has 1 aliphatic rings. The predicted octanol–water partition coefficient (Wildman–Crippen LogP) is 5.05. The molecule has 4 N–H and O–H groups in total. The normalized spacial score (nSPS) is 12.8. The van der Waals surface area contributed by atoms with Crippen molar-refractivity contribution in [2.45, 2.75) is 13.0 Å². The minimum absolute atomic E-state index is 0.122. The van der Waals surface area contributed by atoms with Crippen molar-refractivity contribution in [1.29, 1.82) is 0 Å². The summed E-state index contributed by atoms with van der Waals surface area (Å²) >= 11 is 0. The highest BCUT2D eigenvalue weighted by molar-refractivity contribution is 6.04. The zero-order chi connectivity index (χ0) is 30.4. The van der Waals surface area contributed by atoms with E-state index in [1.54, 1.807) is 15.4 Å². The van der Waals surface area contributed by atoms with Gasteiger partial charge < -0.3 is 20.9 Å². The van der Waals surface area contributed by atoms with E-state index in [1.807, 2.05) is 104 Å². The first-order valence-electron chi connectivity index (χ1n) is 14.3. The summed E-state index contributed by atoms with van der Waals surface area (Å²) in [5, 5.41) is 12.8. The molecule has 0 radical (unpaired) electrons. The van der Waals surface area contributed by atoms with E-state index in [1.165, 1.54) is 0 Å². The van der Waals surface area contributed by atoms with E-state index in [-0.39, 0.29) is 22.8 Å². The van der Waals surface area contributed by atoms with Crippen molar-refractivity contribution in [2.75, 3.05) is 17.6 Å². The zero-order valence-corrected chi connectivity index (χ0v) is 24.2. The molecule has 7 rings (SSSR count). The molecule has 9 heteroatoms. The maximum atomic E-state index is 14.4. The molecule has 0 spiro atoms. The lowest BCUT2D eigenvalue weighted by molar-refractivity contribution is 0.0940. The third-order valence-corrected chi connectivity index (χ3v) is 7.91. The Morgan fingerprint density at radius 1 is 1.02 bits per heavy atom. The summed E-state index contributed by atoms with van der Waals surface area (Å²) in [6.45, 7) is 2.41. The van der Waals surface area contributed by atoms with E-state index < -0.39 is 6.04 Å². The fraction of sp³-hybridized carbons (Fsp3) is 0.114. The van der Waals surface area contributed by atoms with Crippen molar-refractivity contribution >= 4 is 45.4 Å². The average molecular weight is 580 g/mol. The van der Waals surface area contributed by atoms with Crippen LogP contribution in [0.15, 0.2) is 95.9 Å². The number of nitrogens with zero attached hydrogens (tertiary/aromatic N) is 4. The van der Waals surface area contributed by atoms with Gasteiger partial charge in [0.15, 0.2) is 5.82 Å². The number of pyridine rings is 1. The van der Waals surface area contributed by atoms with Gasteiger partial charge >= 0.3 is 0 Å². The van der Waals surface area contributed by atoms with Gasteiger partial charge in [-0.3, -0.25) is 14.2 Å². The molecule has 0 saturated heterocycles. The highest BCUT2D eigenvalue weighted by atomic mass is 16.2. The van der Waals surface area contributed by atoms with Gasteiger partial charge in [0.25, 0.3) is 11.5 Å². The standard InChI is InChI=1S/C35H29N7O2/c1-22(38-34(43)31-32(36)39-41-19-9-18-37-33(31)41)29-20-24-11-8-10-23(30(24)35(44)42(29)26-12-4-3-5-13-26)16-17-25-21-40(2)28-15-7-6-14-27(25)28/h3-15,19-22,37H,18H2,1-2H3,(H2,36,39)(H,38,43). The van der Waals surface area contributed by atoms with Crippen LogP contribution in [0.1, 0.15) is 40.1 Å². The number of aryl methyl sites for hydroxylation is 1. The Morgan fingerprint density at radius 2 is 1.80 bits per heavy atom. The molecule has 6 aromatic rings. The first-order valence-corrected chi connectivity index (χ1v) is 14.3. The van der Waals surface area contributed by atoms with E-state index in [9.17, 15) is 9.59 Å². The van der Waals surface area contributed by atoms with Gasteiger partial charge in [0.2, 0.25) is 0 Å². The van der Waals surface area contributed by atoms with Gasteiger partial charge in [-0.25, -0.2) is 4.68 Å². The smallest absolute Gasteiger partial charge is 0.264 e. The Labute approximate surface area is 253 Å². The molecule has 1 aliphatic heterocycles. The summed E-state index contributed by atoms with van der Waals surface area (Å²) in [6.07, 6.45) is 5.65. The summed E-state index contributed by atoms with van der Waals surface area (Å²) in [6, 6.07) is 24.6. The number of hydrogen-bond donors (Lipinski definition) is 3. The van der Waals surface area contributed by atoms with Gasteiger partial charge in [-0.15, -0.1) is 5.10 Å². The van der Waals surface area contributed by atoms with Crippen LogP contribution in [0, 0.1) is 11.8 Å². The monoisotopic (exact) mass is 579 g/mol. The second-order valence-electron chi connectivity index (χ2n) is 10.8. The number of para-hydroxylation sites is 2. The molecule has 1 atom stereocenters. The third-order valence-electron chi connectivity index (χ3n) is 7.91. The fourth-order valence-electron chi connectivity index (χ4n) is 5.83. The van der Waals surface area contributed by atoms with Gasteiger partial charge in [-0.1, -0.05) is 60.4 Å². The molecule has 0 bridgehead atoms. The second-order valence-corrected chi connectivity index (χ2v) is 10.8. The van der Waals surface area contributed by atoms with Crippen LogP contribution in [0.25, 0.3) is 33.6 Å². The number of anilines is 2. The van der Waals surface area contributed by atoms with Gasteiger partial charge in [0.05, 0.1) is 17.0 Å². The zero-order valence-electron chi connectivity index (χ0n) is 24.2. The lowest BCUT2D eigenvalue weighted by Gasteiger charge is -2.21. The molecular formula is C35H29N7O2. The minimum Gasteiger partial charge on any atom is -0.381 e. The molecule has 44 heavy (non-hydrogen) atoms. The number of nitrogens with two attached hydrogens (primary N) is 1. The summed E-state index contributed by atoms with van der Waals surface area (Å²) in [7, 11) is 2.00. The van der Waals surface area contributed by atoms with Crippen LogP contribution in [0.4, 0.5) is 11.6 Å². The van der Waals surface area contributed by atoms with Gasteiger partial charge in [0.1, 0.15) is 11.4 Å². The van der Waals surface area contributed by atoms with Crippen LogP contribution in [0.5, 0.6) is 0 Å². The number of rotatable bonds is 4. The summed E-state index contributed by atoms with van der Waals surface area (Å²) < 4.78 is 5.25. The predicted molar refractivity (Wildman–Crippen MR) is 175 cm³/mol. The lowest BCUT2D eigenvalue weighted by atomic mass is 10.0. The van der Waals surface area contributed by atoms with Crippen molar-refractivity contribution in [3.05, 3.63) is 124 Å². The highest BCUT2D eigenvalue weighted by Gasteiger charge is 2.26. The van der Waals surface area contributed by atoms with Crippen LogP contribution in [-0.2, 0) is 7.05 Å². The van der Waals surface area contributed by atoms with E-state index in [2.05, 4.69) is 33.6 Å². The van der Waals surface area contributed by atoms with Crippen molar-refractivity contribution in [3.63, 3.8) is 0 Å². The minimum atomic E-state index is -0.556.